The Bertz CT molecular complexity index is 1210. The molecule has 0 fully saturated rings. The Morgan fingerprint density at radius 2 is 1.79 bits per heavy atom. The van der Waals surface area contributed by atoms with Gasteiger partial charge in [0.05, 0.1) is 24.2 Å². The summed E-state index contributed by atoms with van der Waals surface area (Å²) >= 11 is 0. The minimum atomic E-state index is -0.664. The number of rotatable bonds is 5. The van der Waals surface area contributed by atoms with Crippen LogP contribution in [0.4, 0.5) is 0 Å². The van der Waals surface area contributed by atoms with Crippen LogP contribution >= 0.6 is 0 Å². The number of carbonyl (C=O) groups excluding carboxylic acids is 1. The Balaban J connectivity index is 1.66. The third-order valence-corrected chi connectivity index (χ3v) is 4.84. The molecule has 1 atom stereocenters. The summed E-state index contributed by atoms with van der Waals surface area (Å²) in [5.74, 6) is -1.02. The van der Waals surface area contributed by atoms with Crippen molar-refractivity contribution in [3.05, 3.63) is 93.9 Å². The monoisotopic (exact) mass is 388 g/mol. The molecule has 0 saturated carbocycles. The first kappa shape index (κ1) is 18.5. The van der Waals surface area contributed by atoms with Gasteiger partial charge in [0.15, 0.2) is 0 Å². The van der Waals surface area contributed by atoms with Gasteiger partial charge in [-0.05, 0) is 18.1 Å². The summed E-state index contributed by atoms with van der Waals surface area (Å²) in [7, 11) is 0. The van der Waals surface area contributed by atoms with Crippen molar-refractivity contribution in [3.8, 4) is 5.75 Å². The van der Waals surface area contributed by atoms with E-state index in [4.69, 9.17) is 0 Å². The molecule has 0 aliphatic rings. The van der Waals surface area contributed by atoms with Crippen LogP contribution < -0.4 is 10.9 Å². The van der Waals surface area contributed by atoms with Crippen LogP contribution in [0.25, 0.3) is 11.0 Å². The molecule has 0 aliphatic carbocycles. The van der Waals surface area contributed by atoms with E-state index in [1.807, 2.05) is 67.6 Å². The Morgan fingerprint density at radius 3 is 2.48 bits per heavy atom. The predicted molar refractivity (Wildman–Crippen MR) is 110 cm³/mol. The van der Waals surface area contributed by atoms with E-state index in [-0.39, 0.29) is 17.4 Å². The lowest BCUT2D eigenvalue weighted by atomic mass is 10.1. The molecule has 2 heterocycles. The highest BCUT2D eigenvalue weighted by atomic mass is 16.3. The second kappa shape index (κ2) is 7.63. The van der Waals surface area contributed by atoms with Crippen LogP contribution in [0.15, 0.2) is 71.7 Å². The summed E-state index contributed by atoms with van der Waals surface area (Å²) in [6, 6.07) is 18.7. The maximum atomic E-state index is 12.7. The number of aromatic hydroxyl groups is 1. The minimum absolute atomic E-state index is 0.318. The van der Waals surface area contributed by atoms with E-state index in [2.05, 4.69) is 15.4 Å². The molecule has 0 saturated heterocycles. The van der Waals surface area contributed by atoms with Crippen molar-refractivity contribution in [3.63, 3.8) is 0 Å². The molecule has 0 aliphatic heterocycles. The Kier molecular flexibility index (Phi) is 4.87. The number of hydrogen-bond acceptors (Lipinski definition) is 4. The van der Waals surface area contributed by atoms with Crippen LogP contribution in [-0.2, 0) is 6.54 Å². The zero-order chi connectivity index (χ0) is 20.4. The second-order valence-electron chi connectivity index (χ2n) is 6.83. The van der Waals surface area contributed by atoms with Crippen LogP contribution in [-0.4, -0.2) is 25.8 Å². The summed E-state index contributed by atoms with van der Waals surface area (Å²) in [6.45, 7) is 2.24. The van der Waals surface area contributed by atoms with Crippen LogP contribution in [0.5, 0.6) is 5.75 Å². The molecule has 146 valence electrons. The lowest BCUT2D eigenvalue weighted by molar-refractivity contribution is 0.0936. The van der Waals surface area contributed by atoms with Crippen molar-refractivity contribution in [2.45, 2.75) is 19.5 Å². The molecular formula is C22H20N4O3. The van der Waals surface area contributed by atoms with Crippen LogP contribution in [0, 0.1) is 0 Å². The van der Waals surface area contributed by atoms with Crippen molar-refractivity contribution in [2.75, 3.05) is 0 Å². The molecule has 2 aromatic heterocycles. The third kappa shape index (κ3) is 3.62. The Hall–Kier alpha value is -3.87. The number of aromatic nitrogens is 3. The first-order valence-electron chi connectivity index (χ1n) is 9.25. The second-order valence-corrected chi connectivity index (χ2v) is 6.83. The van der Waals surface area contributed by atoms with Gasteiger partial charge in [-0.3, -0.25) is 9.59 Å². The molecule has 29 heavy (non-hydrogen) atoms. The summed E-state index contributed by atoms with van der Waals surface area (Å²) in [4.78, 5) is 28.0. The van der Waals surface area contributed by atoms with E-state index in [0.717, 1.165) is 11.1 Å². The zero-order valence-electron chi connectivity index (χ0n) is 15.8. The van der Waals surface area contributed by atoms with E-state index in [0.29, 0.717) is 17.6 Å². The molecule has 4 rings (SSSR count). The first-order valence-corrected chi connectivity index (χ1v) is 9.25. The third-order valence-electron chi connectivity index (χ3n) is 4.84. The molecule has 4 aromatic rings. The number of pyridine rings is 1. The van der Waals surface area contributed by atoms with Gasteiger partial charge in [-0.1, -0.05) is 60.7 Å². The highest BCUT2D eigenvalue weighted by Crippen LogP contribution is 2.25. The van der Waals surface area contributed by atoms with Gasteiger partial charge in [0.1, 0.15) is 17.0 Å². The van der Waals surface area contributed by atoms with Gasteiger partial charge in [0, 0.05) is 0 Å². The fraction of sp³-hybridized carbons (Fsp3) is 0.136. The molecule has 0 radical (unpaired) electrons. The van der Waals surface area contributed by atoms with Crippen molar-refractivity contribution >= 4 is 16.9 Å². The lowest BCUT2D eigenvalue weighted by Gasteiger charge is -2.14. The number of benzene rings is 2. The summed E-state index contributed by atoms with van der Waals surface area (Å²) < 4.78 is 1.58. The van der Waals surface area contributed by atoms with Crippen LogP contribution in [0.1, 0.15) is 34.5 Å². The SMILES string of the molecule is CC(NC(=O)c1c(O)c2cnn(Cc3ccccc3)c2[nH]c1=O)c1ccccc1. The maximum Gasteiger partial charge on any atom is 0.266 e. The fourth-order valence-corrected chi connectivity index (χ4v) is 3.28. The van der Waals surface area contributed by atoms with Crippen molar-refractivity contribution in [1.29, 1.82) is 0 Å². The van der Waals surface area contributed by atoms with Gasteiger partial charge < -0.3 is 15.4 Å². The first-order chi connectivity index (χ1) is 14.0. The van der Waals surface area contributed by atoms with Crippen molar-refractivity contribution in [2.24, 2.45) is 0 Å². The predicted octanol–water partition coefficient (Wildman–Crippen LogP) is 2.97. The smallest absolute Gasteiger partial charge is 0.266 e. The topological polar surface area (TPSA) is 100 Å². The van der Waals surface area contributed by atoms with E-state index >= 15 is 0 Å². The number of H-pyrrole nitrogens is 1. The molecule has 3 N–H and O–H groups in total. The van der Waals surface area contributed by atoms with Crippen LogP contribution in [0.3, 0.4) is 0 Å². The average Bonchev–Trinajstić information content (AvgIpc) is 3.12. The molecule has 0 bridgehead atoms. The molecule has 1 amide bonds. The highest BCUT2D eigenvalue weighted by molar-refractivity contribution is 6.01. The summed E-state index contributed by atoms with van der Waals surface area (Å²) in [5.41, 5.74) is 1.27. The molecule has 7 nitrogen and oxygen atoms in total. The van der Waals surface area contributed by atoms with Crippen molar-refractivity contribution in [1.82, 2.24) is 20.1 Å². The number of amides is 1. The number of hydrogen-bond donors (Lipinski definition) is 3. The quantitative estimate of drug-likeness (QED) is 0.489. The summed E-state index contributed by atoms with van der Waals surface area (Å²) in [6.07, 6.45) is 1.45. The fourth-order valence-electron chi connectivity index (χ4n) is 3.28. The minimum Gasteiger partial charge on any atom is -0.506 e. The average molecular weight is 388 g/mol. The van der Waals surface area contributed by atoms with Crippen molar-refractivity contribution < 1.29 is 9.90 Å². The standard InChI is InChI=1S/C22H20N4O3/c1-14(16-10-6-3-7-11-16)24-21(28)18-19(27)17-12-23-26(20(17)25-22(18)29)13-15-8-4-2-5-9-15/h2-12,14H,13H2,1H3,(H,24,28)(H2,25,27,29). The van der Waals surface area contributed by atoms with E-state index < -0.39 is 11.5 Å². The highest BCUT2D eigenvalue weighted by Gasteiger charge is 2.22. The molecule has 2 aromatic carbocycles. The van der Waals surface area contributed by atoms with Gasteiger partial charge in [0.2, 0.25) is 0 Å². The molecule has 1 unspecified atom stereocenters. The van der Waals surface area contributed by atoms with Gasteiger partial charge in [-0.15, -0.1) is 0 Å². The summed E-state index contributed by atoms with van der Waals surface area (Å²) in [5, 5.41) is 18.0. The van der Waals surface area contributed by atoms with Crippen LogP contribution in [0.2, 0.25) is 0 Å². The van der Waals surface area contributed by atoms with Gasteiger partial charge >= 0.3 is 0 Å². The number of nitrogens with one attached hydrogen (secondary N) is 2. The largest absolute Gasteiger partial charge is 0.506 e. The number of carbonyl (C=O) groups is 1. The van der Waals surface area contributed by atoms with Gasteiger partial charge in [-0.25, -0.2) is 4.68 Å². The molecular weight excluding hydrogens is 368 g/mol. The number of nitrogens with zero attached hydrogens (tertiary/aromatic N) is 2. The number of aromatic amines is 1. The zero-order valence-corrected chi connectivity index (χ0v) is 15.8. The maximum absolute atomic E-state index is 12.7. The van der Waals surface area contributed by atoms with E-state index in [1.54, 1.807) is 4.68 Å². The molecule has 0 spiro atoms. The van der Waals surface area contributed by atoms with Gasteiger partial charge in [0.25, 0.3) is 11.5 Å². The van der Waals surface area contributed by atoms with E-state index in [1.165, 1.54) is 6.20 Å². The normalized spacial score (nSPS) is 12.0. The molecule has 7 heteroatoms. The van der Waals surface area contributed by atoms with E-state index in [9.17, 15) is 14.7 Å². The Morgan fingerprint density at radius 1 is 1.14 bits per heavy atom. The Labute approximate surface area is 166 Å². The van der Waals surface area contributed by atoms with Gasteiger partial charge in [-0.2, -0.15) is 5.10 Å². The number of fused-ring (bicyclic) bond motifs is 1. The lowest BCUT2D eigenvalue weighted by Crippen LogP contribution is -2.31.